The molecule has 0 aliphatic heterocycles. The van der Waals surface area contributed by atoms with E-state index in [0.29, 0.717) is 13.2 Å². The van der Waals surface area contributed by atoms with Crippen molar-refractivity contribution in [3.8, 4) is 5.75 Å². The number of hydrogen-bond acceptors (Lipinski definition) is 5. The van der Waals surface area contributed by atoms with Gasteiger partial charge in [0, 0.05) is 31.6 Å². The predicted octanol–water partition coefficient (Wildman–Crippen LogP) is 2.64. The number of methoxy groups -OCH3 is 1. The quantitative estimate of drug-likeness (QED) is 0.730. The lowest BCUT2D eigenvalue weighted by Gasteiger charge is -2.24. The number of nitrogens with zero attached hydrogens (tertiary/aromatic N) is 1. The molecule has 0 aliphatic rings. The molecule has 0 bridgehead atoms. The average Bonchev–Trinajstić information content (AvgIpc) is 3.04. The number of benzene rings is 1. The molecule has 0 amide bonds. The minimum Gasteiger partial charge on any atom is -0.491 e. The molecule has 0 saturated carbocycles. The third-order valence-electron chi connectivity index (χ3n) is 3.23. The number of rotatable bonds is 10. The zero-order chi connectivity index (χ0) is 15.6. The van der Waals surface area contributed by atoms with E-state index >= 15 is 0 Å². The van der Waals surface area contributed by atoms with Crippen LogP contribution < -0.4 is 4.74 Å². The summed E-state index contributed by atoms with van der Waals surface area (Å²) in [5, 5.41) is 12.3. The lowest BCUT2D eigenvalue weighted by Crippen LogP contribution is -2.37. The van der Waals surface area contributed by atoms with Crippen molar-refractivity contribution in [2.45, 2.75) is 12.6 Å². The van der Waals surface area contributed by atoms with Crippen LogP contribution in [0.25, 0.3) is 0 Å². The second-order valence-corrected chi connectivity index (χ2v) is 6.12. The lowest BCUT2D eigenvalue weighted by atomic mass is 10.3. The van der Waals surface area contributed by atoms with Gasteiger partial charge in [-0.05, 0) is 23.6 Å². The van der Waals surface area contributed by atoms with E-state index in [-0.39, 0.29) is 6.61 Å². The first kappa shape index (κ1) is 17.0. The number of para-hydroxylation sites is 1. The third kappa shape index (κ3) is 6.15. The second kappa shape index (κ2) is 9.58. The summed E-state index contributed by atoms with van der Waals surface area (Å²) in [7, 11) is 1.69. The van der Waals surface area contributed by atoms with Crippen LogP contribution in [0.4, 0.5) is 0 Å². The first-order valence-corrected chi connectivity index (χ1v) is 8.25. The topological polar surface area (TPSA) is 41.9 Å². The van der Waals surface area contributed by atoms with Crippen LogP contribution in [0, 0.1) is 0 Å². The fourth-order valence-electron chi connectivity index (χ4n) is 2.14. The van der Waals surface area contributed by atoms with E-state index in [2.05, 4.69) is 16.3 Å². The van der Waals surface area contributed by atoms with Gasteiger partial charge in [0.05, 0.1) is 6.61 Å². The minimum atomic E-state index is -0.531. The molecule has 1 heterocycles. The summed E-state index contributed by atoms with van der Waals surface area (Å²) in [6.45, 7) is 3.11. The summed E-state index contributed by atoms with van der Waals surface area (Å²) in [4.78, 5) is 3.47. The highest BCUT2D eigenvalue weighted by atomic mass is 32.1. The third-order valence-corrected chi connectivity index (χ3v) is 4.09. The molecule has 1 aromatic carbocycles. The highest BCUT2D eigenvalue weighted by Crippen LogP contribution is 2.13. The number of aliphatic hydroxyl groups is 1. The Bertz CT molecular complexity index is 504. The average molecular weight is 321 g/mol. The maximum absolute atomic E-state index is 10.2. The molecule has 22 heavy (non-hydrogen) atoms. The van der Waals surface area contributed by atoms with Gasteiger partial charge >= 0.3 is 0 Å². The standard InChI is InChI=1S/C17H23NO3S/c1-20-10-9-18(13-17-8-5-11-22-17)12-15(19)14-21-16-6-3-2-4-7-16/h2-8,11,15,19H,9-10,12-14H2,1H3/t15-/m1/s1. The normalized spacial score (nSPS) is 12.5. The number of thiophene rings is 1. The van der Waals surface area contributed by atoms with Crippen LogP contribution >= 0.6 is 11.3 Å². The van der Waals surface area contributed by atoms with Gasteiger partial charge in [-0.1, -0.05) is 24.3 Å². The van der Waals surface area contributed by atoms with Crippen LogP contribution in [-0.2, 0) is 11.3 Å². The Hall–Kier alpha value is -1.40. The smallest absolute Gasteiger partial charge is 0.119 e. The summed E-state index contributed by atoms with van der Waals surface area (Å²) in [6.07, 6.45) is -0.531. The molecule has 0 unspecified atom stereocenters. The van der Waals surface area contributed by atoms with E-state index in [1.807, 2.05) is 36.4 Å². The largest absolute Gasteiger partial charge is 0.491 e. The van der Waals surface area contributed by atoms with Crippen LogP contribution in [-0.4, -0.2) is 49.5 Å². The van der Waals surface area contributed by atoms with Crippen molar-refractivity contribution in [2.24, 2.45) is 0 Å². The minimum absolute atomic E-state index is 0.290. The highest BCUT2D eigenvalue weighted by Gasteiger charge is 2.13. The zero-order valence-electron chi connectivity index (χ0n) is 12.9. The van der Waals surface area contributed by atoms with Gasteiger partial charge in [-0.15, -0.1) is 11.3 Å². The molecule has 4 nitrogen and oxygen atoms in total. The van der Waals surface area contributed by atoms with Gasteiger partial charge in [0.15, 0.2) is 0 Å². The number of hydrogen-bond donors (Lipinski definition) is 1. The molecular formula is C17H23NO3S. The number of aliphatic hydroxyl groups excluding tert-OH is 1. The predicted molar refractivity (Wildman–Crippen MR) is 89.4 cm³/mol. The summed E-state index contributed by atoms with van der Waals surface area (Å²) in [5.41, 5.74) is 0. The molecule has 0 aliphatic carbocycles. The Labute approximate surface area is 135 Å². The van der Waals surface area contributed by atoms with Crippen LogP contribution in [0.15, 0.2) is 47.8 Å². The molecule has 120 valence electrons. The Kier molecular flexibility index (Phi) is 7.39. The second-order valence-electron chi connectivity index (χ2n) is 5.09. The fourth-order valence-corrected chi connectivity index (χ4v) is 2.88. The van der Waals surface area contributed by atoms with Gasteiger partial charge < -0.3 is 14.6 Å². The van der Waals surface area contributed by atoms with E-state index in [0.717, 1.165) is 18.8 Å². The number of ether oxygens (including phenoxy) is 2. The molecule has 1 aromatic heterocycles. The maximum atomic E-state index is 10.2. The summed E-state index contributed by atoms with van der Waals surface area (Å²) in [5.74, 6) is 0.781. The van der Waals surface area contributed by atoms with Gasteiger partial charge in [-0.3, -0.25) is 4.90 Å². The molecule has 2 rings (SSSR count). The van der Waals surface area contributed by atoms with Gasteiger partial charge in [-0.25, -0.2) is 0 Å². The van der Waals surface area contributed by atoms with Crippen molar-refractivity contribution in [2.75, 3.05) is 33.4 Å². The molecule has 0 fully saturated rings. The first-order chi connectivity index (χ1) is 10.8. The van der Waals surface area contributed by atoms with Gasteiger partial charge in [0.25, 0.3) is 0 Å². The maximum Gasteiger partial charge on any atom is 0.119 e. The van der Waals surface area contributed by atoms with Crippen molar-refractivity contribution in [1.29, 1.82) is 0 Å². The van der Waals surface area contributed by atoms with Crippen LogP contribution in [0.5, 0.6) is 5.75 Å². The highest BCUT2D eigenvalue weighted by molar-refractivity contribution is 7.09. The molecule has 0 saturated heterocycles. The molecule has 1 atom stereocenters. The summed E-state index contributed by atoms with van der Waals surface area (Å²) >= 11 is 1.73. The molecule has 5 heteroatoms. The lowest BCUT2D eigenvalue weighted by molar-refractivity contribution is 0.0546. The van der Waals surface area contributed by atoms with Crippen LogP contribution in [0.3, 0.4) is 0 Å². The Balaban J connectivity index is 1.80. The zero-order valence-corrected chi connectivity index (χ0v) is 13.7. The van der Waals surface area contributed by atoms with Crippen molar-refractivity contribution < 1.29 is 14.6 Å². The molecule has 2 aromatic rings. The van der Waals surface area contributed by atoms with Gasteiger partial charge in [0.2, 0.25) is 0 Å². The summed E-state index contributed by atoms with van der Waals surface area (Å²) < 4.78 is 10.8. The SMILES string of the molecule is COCCN(Cc1cccs1)C[C@@H](O)COc1ccccc1. The van der Waals surface area contributed by atoms with E-state index in [4.69, 9.17) is 9.47 Å². The van der Waals surface area contributed by atoms with Crippen molar-refractivity contribution in [1.82, 2.24) is 4.90 Å². The van der Waals surface area contributed by atoms with E-state index in [9.17, 15) is 5.11 Å². The van der Waals surface area contributed by atoms with Gasteiger partial charge in [0.1, 0.15) is 18.5 Å². The van der Waals surface area contributed by atoms with Crippen molar-refractivity contribution >= 4 is 11.3 Å². The molecular weight excluding hydrogens is 298 g/mol. The Morgan fingerprint density at radius 3 is 2.68 bits per heavy atom. The first-order valence-electron chi connectivity index (χ1n) is 7.37. The van der Waals surface area contributed by atoms with Crippen LogP contribution in [0.1, 0.15) is 4.88 Å². The summed E-state index contributed by atoms with van der Waals surface area (Å²) in [6, 6.07) is 13.7. The van der Waals surface area contributed by atoms with E-state index < -0.39 is 6.10 Å². The van der Waals surface area contributed by atoms with Crippen LogP contribution in [0.2, 0.25) is 0 Å². The van der Waals surface area contributed by atoms with E-state index in [1.165, 1.54) is 4.88 Å². The Morgan fingerprint density at radius 1 is 1.18 bits per heavy atom. The monoisotopic (exact) mass is 321 g/mol. The molecule has 0 radical (unpaired) electrons. The van der Waals surface area contributed by atoms with Crippen molar-refractivity contribution in [3.05, 3.63) is 52.7 Å². The fraction of sp³-hybridized carbons (Fsp3) is 0.412. The molecule has 1 N–H and O–H groups in total. The van der Waals surface area contributed by atoms with Crippen molar-refractivity contribution in [3.63, 3.8) is 0 Å². The van der Waals surface area contributed by atoms with E-state index in [1.54, 1.807) is 18.4 Å². The molecule has 0 spiro atoms. The Morgan fingerprint density at radius 2 is 2.00 bits per heavy atom. The van der Waals surface area contributed by atoms with Gasteiger partial charge in [-0.2, -0.15) is 0 Å².